The molecule has 0 radical (unpaired) electrons. The summed E-state index contributed by atoms with van der Waals surface area (Å²) in [7, 11) is 0. The van der Waals surface area contributed by atoms with Gasteiger partial charge in [0.15, 0.2) is 0 Å². The number of hydrogen-bond donors (Lipinski definition) is 0. The van der Waals surface area contributed by atoms with Gasteiger partial charge >= 0.3 is 0 Å². The van der Waals surface area contributed by atoms with Crippen molar-refractivity contribution in [3.8, 4) is 0 Å². The van der Waals surface area contributed by atoms with E-state index in [-0.39, 0.29) is 11.1 Å². The zero-order chi connectivity index (χ0) is 10.2. The molecular weight excluding hydrogens is 270 g/mol. The van der Waals surface area contributed by atoms with Gasteiger partial charge in [0.1, 0.15) is 0 Å². The normalized spacial score (nSPS) is 19.0. The molecule has 74 valence electrons. The molecule has 0 aromatic rings. The minimum Gasteiger partial charge on any atom is -0.146 e. The van der Waals surface area contributed by atoms with Crippen molar-refractivity contribution >= 4 is 57.7 Å². The minimum atomic E-state index is -2.12. The second kappa shape index (κ2) is 4.41. The lowest BCUT2D eigenvalue weighted by Crippen LogP contribution is -2.32. The monoisotopic (exact) mass is 282 g/mol. The maximum Gasteiger partial charge on any atom is 0.251 e. The van der Waals surface area contributed by atoms with Crippen molar-refractivity contribution in [2.75, 3.05) is 0 Å². The molecule has 0 saturated heterocycles. The van der Waals surface area contributed by atoms with Crippen LogP contribution in [0.15, 0.2) is 0 Å². The van der Waals surface area contributed by atoms with Crippen molar-refractivity contribution < 1.29 is 0 Å². The summed E-state index contributed by atoms with van der Waals surface area (Å²) >= 11 is 24.4. The molecule has 0 rings (SSSR count). The molecule has 0 aliphatic heterocycles. The predicted octanol–water partition coefficient (Wildman–Crippen LogP) is 4.87. The van der Waals surface area contributed by atoms with Crippen LogP contribution in [0.4, 0.5) is 0 Å². The maximum atomic E-state index is 6.09. The summed E-state index contributed by atoms with van der Waals surface area (Å²) in [5.41, 5.74) is 0.486. The van der Waals surface area contributed by atoms with Gasteiger partial charge in [0.05, 0.1) is 0 Å². The second-order valence-electron chi connectivity index (χ2n) is 3.49. The van der Waals surface area contributed by atoms with Gasteiger partial charge in [0.25, 0.3) is 13.4 Å². The van der Waals surface area contributed by atoms with E-state index in [2.05, 4.69) is 0 Å². The van der Waals surface area contributed by atoms with E-state index in [0.29, 0.717) is 0 Å². The fourth-order valence-corrected chi connectivity index (χ4v) is 8.17. The molecule has 0 aromatic carbocycles. The first kappa shape index (κ1) is 13.6. The minimum absolute atomic E-state index is 0.243. The molecule has 0 N–H and O–H groups in total. The Morgan fingerprint density at radius 3 is 1.00 bits per heavy atom. The molecule has 0 aliphatic carbocycles. The molecule has 0 heterocycles. The third-order valence-electron chi connectivity index (χ3n) is 2.35. The molecule has 0 saturated carbocycles. The van der Waals surface area contributed by atoms with Gasteiger partial charge in [0.2, 0.25) is 0 Å². The maximum absolute atomic E-state index is 6.09. The first-order valence-corrected chi connectivity index (χ1v) is 13.0. The summed E-state index contributed by atoms with van der Waals surface area (Å²) in [6, 6.07) is 0. The summed E-state index contributed by atoms with van der Waals surface area (Å²) in [6.45, 7) is 3.64. The van der Waals surface area contributed by atoms with Crippen LogP contribution in [0.5, 0.6) is 0 Å². The van der Waals surface area contributed by atoms with Crippen LogP contribution in [0.25, 0.3) is 0 Å². The van der Waals surface area contributed by atoms with E-state index in [4.69, 9.17) is 44.3 Å². The number of halogens is 4. The van der Waals surface area contributed by atoms with Crippen molar-refractivity contribution in [1.82, 2.24) is 0 Å². The Morgan fingerprint density at radius 2 is 0.917 bits per heavy atom. The lowest BCUT2D eigenvalue weighted by molar-refractivity contribution is 0.841. The Morgan fingerprint density at radius 1 is 0.750 bits per heavy atom. The number of hydrogen-bond acceptors (Lipinski definition) is 0. The standard InChI is InChI=1S/C6H14Cl4Si2/c1-5(11(3,7)8)6(2)12(4,9)10/h5-6H,1-4H3. The predicted molar refractivity (Wildman–Crippen MR) is 65.5 cm³/mol. The SMILES string of the molecule is CC(C(C)[Si](C)(Cl)Cl)[Si](C)(Cl)Cl. The van der Waals surface area contributed by atoms with Crippen LogP contribution < -0.4 is 0 Å². The Balaban J connectivity index is 4.41. The smallest absolute Gasteiger partial charge is 0.146 e. The van der Waals surface area contributed by atoms with Crippen molar-refractivity contribution in [2.45, 2.75) is 38.0 Å². The Labute approximate surface area is 95.4 Å². The van der Waals surface area contributed by atoms with E-state index in [1.807, 2.05) is 26.9 Å². The highest BCUT2D eigenvalue weighted by atomic mass is 35.7. The molecule has 12 heavy (non-hydrogen) atoms. The van der Waals surface area contributed by atoms with Gasteiger partial charge in [-0.05, 0) is 24.2 Å². The van der Waals surface area contributed by atoms with Crippen LogP contribution in [0.1, 0.15) is 13.8 Å². The van der Waals surface area contributed by atoms with Crippen LogP contribution in [0.2, 0.25) is 24.2 Å². The molecule has 0 aliphatic rings. The first-order chi connectivity index (χ1) is 5.07. The molecule has 0 amide bonds. The fourth-order valence-electron chi connectivity index (χ4n) is 0.878. The van der Waals surface area contributed by atoms with Crippen molar-refractivity contribution in [3.63, 3.8) is 0 Å². The average molecular weight is 284 g/mol. The van der Waals surface area contributed by atoms with Crippen LogP contribution in [0, 0.1) is 0 Å². The molecule has 0 bridgehead atoms. The van der Waals surface area contributed by atoms with Crippen LogP contribution >= 0.6 is 44.3 Å². The van der Waals surface area contributed by atoms with E-state index in [9.17, 15) is 0 Å². The summed E-state index contributed by atoms with van der Waals surface area (Å²) in [5, 5.41) is 0. The fraction of sp³-hybridized carbons (Fsp3) is 1.00. The first-order valence-electron chi connectivity index (χ1n) is 3.82. The van der Waals surface area contributed by atoms with E-state index >= 15 is 0 Å². The topological polar surface area (TPSA) is 0 Å². The Kier molecular flexibility index (Phi) is 4.99. The van der Waals surface area contributed by atoms with Crippen LogP contribution in [-0.4, -0.2) is 13.4 Å². The van der Waals surface area contributed by atoms with E-state index < -0.39 is 13.4 Å². The molecule has 2 unspecified atom stereocenters. The zero-order valence-corrected chi connectivity index (χ0v) is 12.7. The second-order valence-corrected chi connectivity index (χ2v) is 19.7. The Bertz CT molecular complexity index is 131. The van der Waals surface area contributed by atoms with Gasteiger partial charge in [-0.3, -0.25) is 0 Å². The molecule has 6 heteroatoms. The summed E-state index contributed by atoms with van der Waals surface area (Å²) in [4.78, 5) is 0. The van der Waals surface area contributed by atoms with Crippen molar-refractivity contribution in [1.29, 1.82) is 0 Å². The summed E-state index contributed by atoms with van der Waals surface area (Å²) in [5.74, 6) is 0. The van der Waals surface area contributed by atoms with Crippen LogP contribution in [0.3, 0.4) is 0 Å². The molecule has 2 atom stereocenters. The third-order valence-corrected chi connectivity index (χ3v) is 11.0. The zero-order valence-electron chi connectivity index (χ0n) is 7.67. The average Bonchev–Trinajstić information content (AvgIpc) is 1.80. The molecule has 0 spiro atoms. The van der Waals surface area contributed by atoms with Gasteiger partial charge in [-0.25, -0.2) is 0 Å². The van der Waals surface area contributed by atoms with Gasteiger partial charge in [-0.1, -0.05) is 13.8 Å². The molecular formula is C6H14Cl4Si2. The van der Waals surface area contributed by atoms with Crippen LogP contribution in [-0.2, 0) is 0 Å². The summed E-state index contributed by atoms with van der Waals surface area (Å²) in [6.07, 6.45) is 0. The Hall–Kier alpha value is 1.59. The quantitative estimate of drug-likeness (QED) is 0.512. The third kappa shape index (κ3) is 4.20. The van der Waals surface area contributed by atoms with E-state index in [1.165, 1.54) is 0 Å². The summed E-state index contributed by atoms with van der Waals surface area (Å²) < 4.78 is 0. The number of rotatable bonds is 3. The van der Waals surface area contributed by atoms with Crippen molar-refractivity contribution in [3.05, 3.63) is 0 Å². The molecule has 0 nitrogen and oxygen atoms in total. The highest BCUT2D eigenvalue weighted by molar-refractivity contribution is 7.48. The highest BCUT2D eigenvalue weighted by Gasteiger charge is 2.42. The largest absolute Gasteiger partial charge is 0.251 e. The molecule has 0 fully saturated rings. The van der Waals surface area contributed by atoms with Crippen molar-refractivity contribution in [2.24, 2.45) is 0 Å². The van der Waals surface area contributed by atoms with Gasteiger partial charge in [0, 0.05) is 0 Å². The molecule has 0 aromatic heterocycles. The van der Waals surface area contributed by atoms with Gasteiger partial charge in [-0.15, -0.1) is 44.3 Å². The lowest BCUT2D eigenvalue weighted by atomic mass is 10.4. The highest BCUT2D eigenvalue weighted by Crippen LogP contribution is 2.46. The van der Waals surface area contributed by atoms with E-state index in [1.54, 1.807) is 0 Å². The van der Waals surface area contributed by atoms with Gasteiger partial charge in [-0.2, -0.15) is 0 Å². The lowest BCUT2D eigenvalue weighted by Gasteiger charge is -2.30. The van der Waals surface area contributed by atoms with Gasteiger partial charge < -0.3 is 0 Å². The van der Waals surface area contributed by atoms with E-state index in [0.717, 1.165) is 0 Å².